The van der Waals surface area contributed by atoms with Crippen LogP contribution < -0.4 is 11.3 Å². The van der Waals surface area contributed by atoms with Crippen molar-refractivity contribution in [3.8, 4) is 0 Å². The summed E-state index contributed by atoms with van der Waals surface area (Å²) in [6, 6.07) is 15.0. The Morgan fingerprint density at radius 3 is 2.53 bits per heavy atom. The van der Waals surface area contributed by atoms with Crippen LogP contribution in [0.5, 0.6) is 0 Å². The van der Waals surface area contributed by atoms with Gasteiger partial charge in [0.2, 0.25) is 0 Å². The largest absolute Gasteiger partial charge is 0.271 e. The molecule has 2 rings (SSSR count). The molecule has 4 heteroatoms. The summed E-state index contributed by atoms with van der Waals surface area (Å²) < 4.78 is 2.33. The molecule has 1 atom stereocenters. The van der Waals surface area contributed by atoms with E-state index in [4.69, 9.17) is 5.84 Å². The Bertz CT molecular complexity index is 555. The Morgan fingerprint density at radius 1 is 1.21 bits per heavy atom. The van der Waals surface area contributed by atoms with E-state index < -0.39 is 0 Å². The van der Waals surface area contributed by atoms with E-state index in [1.807, 2.05) is 0 Å². The zero-order valence-electron chi connectivity index (χ0n) is 10.7. The number of halogens is 2. The maximum Gasteiger partial charge on any atom is 0.0503 e. The third-order valence-corrected chi connectivity index (χ3v) is 4.38. The molecule has 0 saturated carbocycles. The van der Waals surface area contributed by atoms with Gasteiger partial charge in [-0.05, 0) is 76.9 Å². The molecule has 0 spiro atoms. The molecule has 0 amide bonds. The van der Waals surface area contributed by atoms with Gasteiger partial charge < -0.3 is 0 Å². The van der Waals surface area contributed by atoms with Crippen LogP contribution in [0.2, 0.25) is 0 Å². The molecule has 0 aromatic heterocycles. The van der Waals surface area contributed by atoms with Gasteiger partial charge in [-0.3, -0.25) is 11.3 Å². The topological polar surface area (TPSA) is 38.0 Å². The minimum atomic E-state index is 0.123. The van der Waals surface area contributed by atoms with Crippen LogP contribution in [0, 0.1) is 10.5 Å². The van der Waals surface area contributed by atoms with Crippen molar-refractivity contribution in [2.24, 2.45) is 5.84 Å². The minimum absolute atomic E-state index is 0.123. The lowest BCUT2D eigenvalue weighted by Crippen LogP contribution is -2.30. The van der Waals surface area contributed by atoms with Gasteiger partial charge in [-0.15, -0.1) is 0 Å². The van der Waals surface area contributed by atoms with Gasteiger partial charge in [-0.2, -0.15) is 0 Å². The van der Waals surface area contributed by atoms with Crippen molar-refractivity contribution in [1.82, 2.24) is 5.43 Å². The number of hydrogen-bond donors (Lipinski definition) is 2. The third kappa shape index (κ3) is 4.02. The molecule has 0 saturated heterocycles. The minimum Gasteiger partial charge on any atom is -0.271 e. The first-order valence-electron chi connectivity index (χ1n) is 6.07. The van der Waals surface area contributed by atoms with E-state index >= 15 is 0 Å². The van der Waals surface area contributed by atoms with Crippen LogP contribution in [0.1, 0.15) is 22.7 Å². The number of rotatable bonds is 4. The van der Waals surface area contributed by atoms with E-state index in [1.54, 1.807) is 0 Å². The molecule has 19 heavy (non-hydrogen) atoms. The molecular formula is C15H16BrIN2. The number of hydrazine groups is 1. The van der Waals surface area contributed by atoms with Gasteiger partial charge in [-0.25, -0.2) is 0 Å². The first-order chi connectivity index (χ1) is 9.10. The number of nitrogens with two attached hydrogens (primary N) is 1. The van der Waals surface area contributed by atoms with Gasteiger partial charge >= 0.3 is 0 Å². The molecule has 3 N–H and O–H groups in total. The van der Waals surface area contributed by atoms with Crippen molar-refractivity contribution in [3.05, 3.63) is 67.2 Å². The lowest BCUT2D eigenvalue weighted by Gasteiger charge is -2.19. The number of aryl methyl sites for hydroxylation is 1. The van der Waals surface area contributed by atoms with E-state index in [1.165, 1.54) is 20.3 Å². The first-order valence-corrected chi connectivity index (χ1v) is 7.94. The fraction of sp³-hybridized carbons (Fsp3) is 0.200. The number of benzene rings is 2. The lowest BCUT2D eigenvalue weighted by atomic mass is 9.96. The molecule has 0 bridgehead atoms. The number of hydrogen-bond acceptors (Lipinski definition) is 2. The highest BCUT2D eigenvalue weighted by atomic mass is 127. The van der Waals surface area contributed by atoms with E-state index in [9.17, 15) is 0 Å². The van der Waals surface area contributed by atoms with Crippen LogP contribution >= 0.6 is 38.5 Å². The molecule has 2 aromatic rings. The summed E-state index contributed by atoms with van der Waals surface area (Å²) in [6.45, 7) is 2.11. The average Bonchev–Trinajstić information content (AvgIpc) is 2.41. The Labute approximate surface area is 136 Å². The van der Waals surface area contributed by atoms with Gasteiger partial charge in [-0.1, -0.05) is 34.1 Å². The Hall–Kier alpha value is -0.430. The monoisotopic (exact) mass is 430 g/mol. The fourth-order valence-corrected chi connectivity index (χ4v) is 2.84. The van der Waals surface area contributed by atoms with E-state index in [0.717, 1.165) is 10.9 Å². The highest BCUT2D eigenvalue weighted by Crippen LogP contribution is 2.25. The molecule has 0 aliphatic heterocycles. The average molecular weight is 431 g/mol. The van der Waals surface area contributed by atoms with Crippen LogP contribution in [-0.2, 0) is 6.42 Å². The molecule has 0 fully saturated rings. The van der Waals surface area contributed by atoms with Crippen LogP contribution in [0.3, 0.4) is 0 Å². The quantitative estimate of drug-likeness (QED) is 0.435. The zero-order valence-corrected chi connectivity index (χ0v) is 14.4. The summed E-state index contributed by atoms with van der Waals surface area (Å²) in [5, 5.41) is 0. The second-order valence-electron chi connectivity index (χ2n) is 4.55. The Morgan fingerprint density at radius 2 is 1.89 bits per heavy atom. The van der Waals surface area contributed by atoms with Crippen LogP contribution in [0.15, 0.2) is 46.9 Å². The second kappa shape index (κ2) is 6.83. The molecule has 100 valence electrons. The van der Waals surface area contributed by atoms with Crippen molar-refractivity contribution in [2.75, 3.05) is 0 Å². The molecule has 0 aliphatic carbocycles. The summed E-state index contributed by atoms with van der Waals surface area (Å²) in [6.07, 6.45) is 0.880. The number of nitrogens with one attached hydrogen (secondary N) is 1. The van der Waals surface area contributed by atoms with Gasteiger partial charge in [0.05, 0.1) is 6.04 Å². The summed E-state index contributed by atoms with van der Waals surface area (Å²) in [4.78, 5) is 0. The molecule has 2 nitrogen and oxygen atoms in total. The van der Waals surface area contributed by atoms with Crippen molar-refractivity contribution in [1.29, 1.82) is 0 Å². The molecular weight excluding hydrogens is 415 g/mol. The van der Waals surface area contributed by atoms with Gasteiger partial charge in [0.15, 0.2) is 0 Å². The lowest BCUT2D eigenvalue weighted by molar-refractivity contribution is 0.549. The van der Waals surface area contributed by atoms with Crippen molar-refractivity contribution >= 4 is 38.5 Å². The van der Waals surface area contributed by atoms with Crippen LogP contribution in [-0.4, -0.2) is 0 Å². The molecule has 0 radical (unpaired) electrons. The molecule has 1 unspecified atom stereocenters. The van der Waals surface area contributed by atoms with Gasteiger partial charge in [0.1, 0.15) is 0 Å². The van der Waals surface area contributed by atoms with E-state index in [-0.39, 0.29) is 6.04 Å². The summed E-state index contributed by atoms with van der Waals surface area (Å²) in [7, 11) is 0. The van der Waals surface area contributed by atoms with Crippen molar-refractivity contribution in [2.45, 2.75) is 19.4 Å². The van der Waals surface area contributed by atoms with Crippen LogP contribution in [0.4, 0.5) is 0 Å². The van der Waals surface area contributed by atoms with E-state index in [0.29, 0.717) is 0 Å². The highest BCUT2D eigenvalue weighted by molar-refractivity contribution is 14.1. The van der Waals surface area contributed by atoms with Crippen molar-refractivity contribution < 1.29 is 0 Å². The fourth-order valence-electron chi connectivity index (χ4n) is 2.10. The third-order valence-electron chi connectivity index (χ3n) is 3.17. The van der Waals surface area contributed by atoms with E-state index in [2.05, 4.69) is 93.3 Å². The normalized spacial score (nSPS) is 12.4. The maximum atomic E-state index is 5.73. The highest BCUT2D eigenvalue weighted by Gasteiger charge is 2.13. The van der Waals surface area contributed by atoms with Crippen molar-refractivity contribution in [3.63, 3.8) is 0 Å². The SMILES string of the molecule is Cc1ccc(Br)cc1C(Cc1ccc(I)cc1)NN. The summed E-state index contributed by atoms with van der Waals surface area (Å²) >= 11 is 5.83. The zero-order chi connectivity index (χ0) is 13.8. The van der Waals surface area contributed by atoms with Gasteiger partial charge in [0, 0.05) is 8.04 Å². The Balaban J connectivity index is 2.24. The summed E-state index contributed by atoms with van der Waals surface area (Å²) in [5.41, 5.74) is 6.69. The molecule has 0 aliphatic rings. The maximum absolute atomic E-state index is 5.73. The summed E-state index contributed by atoms with van der Waals surface area (Å²) in [5.74, 6) is 5.73. The smallest absolute Gasteiger partial charge is 0.0503 e. The van der Waals surface area contributed by atoms with Gasteiger partial charge in [0.25, 0.3) is 0 Å². The molecule has 0 heterocycles. The first kappa shape index (κ1) is 15.0. The Kier molecular flexibility index (Phi) is 5.38. The molecule has 2 aromatic carbocycles. The standard InChI is InChI=1S/C15H16BrIN2/c1-10-2-5-12(16)9-14(10)15(19-18)8-11-3-6-13(17)7-4-11/h2-7,9,15,19H,8,18H2,1H3. The predicted molar refractivity (Wildman–Crippen MR) is 91.8 cm³/mol. The predicted octanol–water partition coefficient (Wildman–Crippen LogP) is 4.11. The second-order valence-corrected chi connectivity index (χ2v) is 6.71. The van der Waals surface area contributed by atoms with Crippen LogP contribution in [0.25, 0.3) is 0 Å².